The van der Waals surface area contributed by atoms with Crippen LogP contribution in [-0.4, -0.2) is 61.1 Å². The van der Waals surface area contributed by atoms with Crippen LogP contribution < -0.4 is 0 Å². The molecule has 10 heteroatoms. The topological polar surface area (TPSA) is 105 Å². The van der Waals surface area contributed by atoms with Crippen molar-refractivity contribution in [3.8, 4) is 0 Å². The highest BCUT2D eigenvalue weighted by molar-refractivity contribution is 7.86. The summed E-state index contributed by atoms with van der Waals surface area (Å²) in [6.45, 7) is 4.08. The van der Waals surface area contributed by atoms with E-state index in [1.807, 2.05) is 13.8 Å². The Bertz CT molecular complexity index is 564. The first-order valence-electron chi connectivity index (χ1n) is 7.97. The molecule has 0 aromatic rings. The SMILES string of the molecule is CC(C)[C@H](OS(C)(=O)=O)[C@@H](CCOS(C)(=O)=O)OC1CCCCO1. The fourth-order valence-corrected chi connectivity index (χ4v) is 3.59. The Labute approximate surface area is 145 Å². The molecule has 144 valence electrons. The zero-order valence-corrected chi connectivity index (χ0v) is 16.3. The lowest BCUT2D eigenvalue weighted by molar-refractivity contribution is -0.209. The zero-order valence-electron chi connectivity index (χ0n) is 14.6. The Morgan fingerprint density at radius 2 is 1.75 bits per heavy atom. The van der Waals surface area contributed by atoms with Gasteiger partial charge in [0, 0.05) is 13.0 Å². The van der Waals surface area contributed by atoms with Crippen molar-refractivity contribution in [1.29, 1.82) is 0 Å². The molecule has 0 bridgehead atoms. The molecule has 8 nitrogen and oxygen atoms in total. The molecular formula is C14H28O8S2. The number of rotatable bonds is 10. The Morgan fingerprint density at radius 3 is 2.21 bits per heavy atom. The summed E-state index contributed by atoms with van der Waals surface area (Å²) in [5, 5.41) is 0. The van der Waals surface area contributed by atoms with E-state index >= 15 is 0 Å². The van der Waals surface area contributed by atoms with Crippen molar-refractivity contribution in [2.24, 2.45) is 5.92 Å². The van der Waals surface area contributed by atoms with Gasteiger partial charge in [0.15, 0.2) is 6.29 Å². The third-order valence-corrected chi connectivity index (χ3v) is 4.64. The number of hydrogen-bond acceptors (Lipinski definition) is 8. The fraction of sp³-hybridized carbons (Fsp3) is 1.00. The first-order valence-corrected chi connectivity index (χ1v) is 11.6. The van der Waals surface area contributed by atoms with Gasteiger partial charge >= 0.3 is 0 Å². The van der Waals surface area contributed by atoms with Crippen LogP contribution >= 0.6 is 0 Å². The molecule has 3 atom stereocenters. The maximum atomic E-state index is 11.5. The molecule has 0 aromatic heterocycles. The molecule has 1 saturated heterocycles. The molecule has 0 aromatic carbocycles. The van der Waals surface area contributed by atoms with E-state index < -0.39 is 38.7 Å². The van der Waals surface area contributed by atoms with Crippen molar-refractivity contribution in [3.63, 3.8) is 0 Å². The van der Waals surface area contributed by atoms with Crippen LogP contribution in [0, 0.1) is 5.92 Å². The average Bonchev–Trinajstić information content (AvgIpc) is 2.42. The van der Waals surface area contributed by atoms with Gasteiger partial charge in [-0.2, -0.15) is 16.8 Å². The highest BCUT2D eigenvalue weighted by atomic mass is 32.2. The van der Waals surface area contributed by atoms with Crippen molar-refractivity contribution in [2.45, 2.75) is 58.0 Å². The van der Waals surface area contributed by atoms with Crippen LogP contribution in [0.25, 0.3) is 0 Å². The van der Waals surface area contributed by atoms with E-state index in [0.717, 1.165) is 25.4 Å². The number of hydrogen-bond donors (Lipinski definition) is 0. The summed E-state index contributed by atoms with van der Waals surface area (Å²) in [5.41, 5.74) is 0. The van der Waals surface area contributed by atoms with E-state index in [0.29, 0.717) is 13.0 Å². The molecular weight excluding hydrogens is 360 g/mol. The lowest BCUT2D eigenvalue weighted by atomic mass is 9.99. The monoisotopic (exact) mass is 388 g/mol. The van der Waals surface area contributed by atoms with Gasteiger partial charge in [-0.1, -0.05) is 13.8 Å². The summed E-state index contributed by atoms with van der Waals surface area (Å²) < 4.78 is 66.7. The summed E-state index contributed by atoms with van der Waals surface area (Å²) in [6, 6.07) is 0. The molecule has 0 spiro atoms. The maximum absolute atomic E-state index is 11.5. The van der Waals surface area contributed by atoms with E-state index in [9.17, 15) is 16.8 Å². The normalized spacial score (nSPS) is 22.5. The molecule has 0 aliphatic carbocycles. The van der Waals surface area contributed by atoms with E-state index in [1.165, 1.54) is 0 Å². The van der Waals surface area contributed by atoms with Gasteiger partial charge in [0.1, 0.15) is 6.10 Å². The lowest BCUT2D eigenvalue weighted by Gasteiger charge is -2.33. The summed E-state index contributed by atoms with van der Waals surface area (Å²) >= 11 is 0. The summed E-state index contributed by atoms with van der Waals surface area (Å²) in [4.78, 5) is 0. The third-order valence-electron chi connectivity index (χ3n) is 3.47. The van der Waals surface area contributed by atoms with Gasteiger partial charge in [0.05, 0.1) is 25.2 Å². The summed E-state index contributed by atoms with van der Waals surface area (Å²) in [6.07, 6.45) is 2.85. The minimum Gasteiger partial charge on any atom is -0.353 e. The minimum absolute atomic E-state index is 0.118. The van der Waals surface area contributed by atoms with Gasteiger partial charge < -0.3 is 9.47 Å². The van der Waals surface area contributed by atoms with E-state index in [2.05, 4.69) is 0 Å². The van der Waals surface area contributed by atoms with Gasteiger partial charge in [-0.15, -0.1) is 0 Å². The minimum atomic E-state index is -3.69. The predicted octanol–water partition coefficient (Wildman–Crippen LogP) is 1.27. The average molecular weight is 389 g/mol. The highest BCUT2D eigenvalue weighted by Gasteiger charge is 2.32. The summed E-state index contributed by atoms with van der Waals surface area (Å²) in [5.74, 6) is -0.161. The largest absolute Gasteiger partial charge is 0.353 e. The molecule has 1 aliphatic heterocycles. The highest BCUT2D eigenvalue weighted by Crippen LogP contribution is 2.24. The van der Waals surface area contributed by atoms with Crippen LogP contribution in [0.1, 0.15) is 39.5 Å². The zero-order chi connectivity index (χ0) is 18.4. The van der Waals surface area contributed by atoms with E-state index in [-0.39, 0.29) is 18.9 Å². The molecule has 1 unspecified atom stereocenters. The number of ether oxygens (including phenoxy) is 2. The van der Waals surface area contributed by atoms with Gasteiger partial charge in [0.25, 0.3) is 20.2 Å². The van der Waals surface area contributed by atoms with Crippen LogP contribution in [0.5, 0.6) is 0 Å². The van der Waals surface area contributed by atoms with E-state index in [1.54, 1.807) is 0 Å². The predicted molar refractivity (Wildman–Crippen MR) is 88.4 cm³/mol. The van der Waals surface area contributed by atoms with Crippen LogP contribution in [0.3, 0.4) is 0 Å². The van der Waals surface area contributed by atoms with Gasteiger partial charge in [-0.3, -0.25) is 8.37 Å². The quantitative estimate of drug-likeness (QED) is 0.515. The molecule has 1 fully saturated rings. The van der Waals surface area contributed by atoms with Crippen molar-refractivity contribution in [3.05, 3.63) is 0 Å². The molecule has 0 amide bonds. The van der Waals surface area contributed by atoms with Gasteiger partial charge in [-0.25, -0.2) is 0 Å². The smallest absolute Gasteiger partial charge is 0.264 e. The van der Waals surface area contributed by atoms with Crippen LogP contribution in [0.15, 0.2) is 0 Å². The second-order valence-electron chi connectivity index (χ2n) is 6.29. The Morgan fingerprint density at radius 1 is 1.08 bits per heavy atom. The van der Waals surface area contributed by atoms with E-state index in [4.69, 9.17) is 17.8 Å². The third kappa shape index (κ3) is 9.28. The maximum Gasteiger partial charge on any atom is 0.264 e. The first-order chi connectivity index (χ1) is 11.0. The standard InChI is InChI=1S/C14H28O8S2/c1-11(2)14(22-24(4,17)18)12(8-10-20-23(3,15)16)21-13-7-5-6-9-19-13/h11-14H,5-10H2,1-4H3/t12-,13?,14+/m1/s1. The summed E-state index contributed by atoms with van der Waals surface area (Å²) in [7, 11) is -7.27. The molecule has 0 saturated carbocycles. The Kier molecular flexibility index (Phi) is 8.57. The second-order valence-corrected chi connectivity index (χ2v) is 9.54. The molecule has 24 heavy (non-hydrogen) atoms. The molecule has 0 radical (unpaired) electrons. The molecule has 0 N–H and O–H groups in total. The molecule has 1 rings (SSSR count). The van der Waals surface area contributed by atoms with Crippen molar-refractivity contribution in [1.82, 2.24) is 0 Å². The lowest BCUT2D eigenvalue weighted by Crippen LogP contribution is -2.41. The van der Waals surface area contributed by atoms with Gasteiger partial charge in [-0.05, 0) is 25.2 Å². The van der Waals surface area contributed by atoms with Crippen molar-refractivity contribution in [2.75, 3.05) is 25.7 Å². The molecule has 1 heterocycles. The van der Waals surface area contributed by atoms with Gasteiger partial charge in [0.2, 0.25) is 0 Å². The Hall–Kier alpha value is -0.260. The van der Waals surface area contributed by atoms with Crippen LogP contribution in [-0.2, 0) is 38.1 Å². The second kappa shape index (κ2) is 9.44. The first kappa shape index (κ1) is 21.8. The Balaban J connectivity index is 2.82. The van der Waals surface area contributed by atoms with Crippen molar-refractivity contribution < 1.29 is 34.7 Å². The van der Waals surface area contributed by atoms with Crippen LogP contribution in [0.4, 0.5) is 0 Å². The fourth-order valence-electron chi connectivity index (χ4n) is 2.44. The molecule has 1 aliphatic rings. The van der Waals surface area contributed by atoms with Crippen LogP contribution in [0.2, 0.25) is 0 Å². The van der Waals surface area contributed by atoms with Crippen molar-refractivity contribution >= 4 is 20.2 Å².